The van der Waals surface area contributed by atoms with Crippen LogP contribution in [0.2, 0.25) is 0 Å². The van der Waals surface area contributed by atoms with Crippen molar-refractivity contribution in [1.82, 2.24) is 9.13 Å². The Bertz CT molecular complexity index is 824. The van der Waals surface area contributed by atoms with Crippen LogP contribution in [0.25, 0.3) is 0 Å². The van der Waals surface area contributed by atoms with Crippen LogP contribution in [0.4, 0.5) is 0 Å². The zero-order chi connectivity index (χ0) is 27.0. The highest BCUT2D eigenvalue weighted by molar-refractivity contribution is 5.68. The van der Waals surface area contributed by atoms with E-state index in [2.05, 4.69) is 20.4 Å². The van der Waals surface area contributed by atoms with Crippen LogP contribution < -0.4 is 5.69 Å². The molecular weight excluding hydrogens is 456 g/mol. The number of carbonyl (C=O) groups is 1. The number of hydrogen-bond donors (Lipinski definition) is 2. The molecule has 0 aromatic carbocycles. The van der Waals surface area contributed by atoms with E-state index < -0.39 is 5.97 Å². The number of unbranched alkanes of at least 4 members (excludes halogenated alkanes) is 3. The molecule has 0 aliphatic rings. The predicted molar refractivity (Wildman–Crippen MR) is 147 cm³/mol. The molecule has 36 heavy (non-hydrogen) atoms. The van der Waals surface area contributed by atoms with Crippen molar-refractivity contribution >= 4 is 5.97 Å². The minimum absolute atomic E-state index is 0.0600. The smallest absolute Gasteiger partial charge is 0.331 e. The Hall–Kier alpha value is -2.02. The summed E-state index contributed by atoms with van der Waals surface area (Å²) in [5.74, 6) is -0.700. The number of aromatic nitrogens is 2. The summed E-state index contributed by atoms with van der Waals surface area (Å²) < 4.78 is 8.88. The fourth-order valence-electron chi connectivity index (χ4n) is 5.30. The van der Waals surface area contributed by atoms with Gasteiger partial charge in [0, 0.05) is 26.3 Å². The summed E-state index contributed by atoms with van der Waals surface area (Å²) in [7, 11) is 0. The third-order valence-corrected chi connectivity index (χ3v) is 8.30. The highest BCUT2D eigenvalue weighted by Crippen LogP contribution is 2.38. The molecule has 0 saturated carbocycles. The summed E-state index contributed by atoms with van der Waals surface area (Å²) in [5, 5.41) is 19.2. The number of allylic oxidation sites excluding steroid dienone is 1. The molecule has 1 rings (SSSR count). The molecule has 0 aliphatic carbocycles. The van der Waals surface area contributed by atoms with E-state index in [0.29, 0.717) is 18.5 Å². The van der Waals surface area contributed by atoms with Crippen LogP contribution in [-0.2, 0) is 22.6 Å². The number of imidazole rings is 1. The third kappa shape index (κ3) is 10.2. The second kappa shape index (κ2) is 16.7. The fraction of sp³-hybridized carbons (Fsp3) is 0.793. The summed E-state index contributed by atoms with van der Waals surface area (Å²) in [6.45, 7) is 15.0. The standard InChI is InChI=1S/C29H52N2O5/c1-6-28(7-2,17-11-14-20-31-25(32)24-30(10-5)27(31)35)18-12-15-21-36-22-16-13-19-29(8-3,9-4)23-26(33)34/h8,24,32H,3,6-7,9-23H2,1-2,4-5H3,(H,33,34). The normalized spacial score (nSPS) is 13.6. The zero-order valence-electron chi connectivity index (χ0n) is 23.4. The van der Waals surface area contributed by atoms with Crippen LogP contribution >= 0.6 is 0 Å². The molecule has 0 radical (unpaired) electrons. The lowest BCUT2D eigenvalue weighted by molar-refractivity contribution is -0.139. The summed E-state index contributed by atoms with van der Waals surface area (Å²) in [4.78, 5) is 23.4. The van der Waals surface area contributed by atoms with Crippen molar-refractivity contribution in [2.45, 2.75) is 124 Å². The van der Waals surface area contributed by atoms with Crippen LogP contribution in [0.3, 0.4) is 0 Å². The van der Waals surface area contributed by atoms with E-state index in [-0.39, 0.29) is 23.4 Å². The number of nitrogens with zero attached hydrogens (tertiary/aromatic N) is 2. The SMILES string of the molecule is C=CC(CC)(CCCCOCCCCC(CC)(CC)CCCCn1c(O)cn(CC)c1=O)CC(=O)O. The zero-order valence-corrected chi connectivity index (χ0v) is 23.4. The molecule has 208 valence electrons. The largest absolute Gasteiger partial charge is 0.493 e. The molecule has 0 bridgehead atoms. The van der Waals surface area contributed by atoms with Gasteiger partial charge in [-0.3, -0.25) is 13.9 Å². The number of aliphatic carboxylic acids is 1. The number of rotatable bonds is 22. The summed E-state index contributed by atoms with van der Waals surface area (Å²) >= 11 is 0. The minimum Gasteiger partial charge on any atom is -0.493 e. The number of carboxylic acids is 1. The number of aryl methyl sites for hydroxylation is 1. The topological polar surface area (TPSA) is 93.7 Å². The average Bonchev–Trinajstić information content (AvgIpc) is 3.15. The lowest BCUT2D eigenvalue weighted by Gasteiger charge is -2.32. The maximum atomic E-state index is 12.2. The van der Waals surface area contributed by atoms with Crippen molar-refractivity contribution in [3.63, 3.8) is 0 Å². The van der Waals surface area contributed by atoms with Crippen LogP contribution in [-0.4, -0.2) is 38.5 Å². The number of aromatic hydroxyl groups is 1. The molecule has 1 heterocycles. The van der Waals surface area contributed by atoms with Gasteiger partial charge in [0.05, 0.1) is 12.6 Å². The van der Waals surface area contributed by atoms with Crippen molar-refractivity contribution < 1.29 is 19.7 Å². The molecule has 0 spiro atoms. The van der Waals surface area contributed by atoms with E-state index in [1.54, 1.807) is 4.57 Å². The van der Waals surface area contributed by atoms with Crippen molar-refractivity contribution in [1.29, 1.82) is 0 Å². The van der Waals surface area contributed by atoms with Crippen molar-refractivity contribution in [2.75, 3.05) is 13.2 Å². The van der Waals surface area contributed by atoms with Gasteiger partial charge in [-0.25, -0.2) is 4.79 Å². The van der Waals surface area contributed by atoms with E-state index in [1.807, 2.05) is 19.9 Å². The molecule has 2 N–H and O–H groups in total. The molecule has 7 nitrogen and oxygen atoms in total. The first kappa shape index (κ1) is 32.0. The van der Waals surface area contributed by atoms with Crippen molar-refractivity contribution in [2.24, 2.45) is 10.8 Å². The molecule has 1 aromatic rings. The Labute approximate surface area is 218 Å². The minimum atomic E-state index is -0.760. The van der Waals surface area contributed by atoms with E-state index >= 15 is 0 Å². The fourth-order valence-corrected chi connectivity index (χ4v) is 5.30. The van der Waals surface area contributed by atoms with E-state index in [9.17, 15) is 14.7 Å². The van der Waals surface area contributed by atoms with E-state index in [4.69, 9.17) is 9.84 Å². The van der Waals surface area contributed by atoms with Crippen LogP contribution in [0.5, 0.6) is 5.88 Å². The van der Waals surface area contributed by atoms with E-state index in [0.717, 1.165) is 83.8 Å². The Kier molecular flexibility index (Phi) is 14.8. The molecule has 0 amide bonds. The van der Waals surface area contributed by atoms with Gasteiger partial charge in [0.1, 0.15) is 0 Å². The number of ether oxygens (including phenoxy) is 1. The first-order valence-corrected chi connectivity index (χ1v) is 14.1. The number of hydrogen-bond acceptors (Lipinski definition) is 4. The lowest BCUT2D eigenvalue weighted by atomic mass is 9.74. The average molecular weight is 509 g/mol. The molecule has 1 aromatic heterocycles. The van der Waals surface area contributed by atoms with Gasteiger partial charge in [0.15, 0.2) is 0 Å². The monoisotopic (exact) mass is 508 g/mol. The highest BCUT2D eigenvalue weighted by atomic mass is 16.5. The van der Waals surface area contributed by atoms with Gasteiger partial charge >= 0.3 is 11.7 Å². The van der Waals surface area contributed by atoms with Gasteiger partial charge in [0.25, 0.3) is 0 Å². The summed E-state index contributed by atoms with van der Waals surface area (Å²) in [6, 6.07) is 0. The maximum Gasteiger partial charge on any atom is 0.331 e. The Morgan fingerprint density at radius 1 is 0.972 bits per heavy atom. The van der Waals surface area contributed by atoms with Gasteiger partial charge in [-0.15, -0.1) is 6.58 Å². The summed E-state index contributed by atoms with van der Waals surface area (Å²) in [5.41, 5.74) is -0.0921. The molecule has 0 fully saturated rings. The third-order valence-electron chi connectivity index (χ3n) is 8.30. The predicted octanol–water partition coefficient (Wildman–Crippen LogP) is 6.77. The second-order valence-corrected chi connectivity index (χ2v) is 10.4. The van der Waals surface area contributed by atoms with Crippen LogP contribution in [0.15, 0.2) is 23.6 Å². The Balaban J connectivity index is 2.28. The quantitative estimate of drug-likeness (QED) is 0.133. The van der Waals surface area contributed by atoms with Crippen molar-refractivity contribution in [3.05, 3.63) is 29.3 Å². The first-order chi connectivity index (χ1) is 17.2. The molecule has 1 atom stereocenters. The second-order valence-electron chi connectivity index (χ2n) is 10.4. The highest BCUT2D eigenvalue weighted by Gasteiger charge is 2.27. The Morgan fingerprint density at radius 2 is 1.56 bits per heavy atom. The Morgan fingerprint density at radius 3 is 2.03 bits per heavy atom. The molecule has 1 unspecified atom stereocenters. The molecule has 0 saturated heterocycles. The van der Waals surface area contributed by atoms with E-state index in [1.165, 1.54) is 17.2 Å². The molecule has 7 heteroatoms. The van der Waals surface area contributed by atoms with Gasteiger partial charge < -0.3 is 14.9 Å². The number of carboxylic acid groups (broad SMARTS) is 1. The first-order valence-electron chi connectivity index (χ1n) is 14.1. The van der Waals surface area contributed by atoms with Gasteiger partial charge in [-0.2, -0.15) is 0 Å². The molecule has 0 aliphatic heterocycles. The van der Waals surface area contributed by atoms with Crippen LogP contribution in [0, 0.1) is 10.8 Å². The maximum absolute atomic E-state index is 12.2. The lowest BCUT2D eigenvalue weighted by Crippen LogP contribution is -2.24. The van der Waals surface area contributed by atoms with Gasteiger partial charge in [-0.05, 0) is 62.7 Å². The molecular formula is C29H52N2O5. The van der Waals surface area contributed by atoms with Gasteiger partial charge in [0.2, 0.25) is 5.88 Å². The van der Waals surface area contributed by atoms with Crippen molar-refractivity contribution in [3.8, 4) is 5.88 Å². The summed E-state index contributed by atoms with van der Waals surface area (Å²) in [6.07, 6.45) is 15.8. The van der Waals surface area contributed by atoms with Crippen LogP contribution in [0.1, 0.15) is 111 Å². The van der Waals surface area contributed by atoms with Gasteiger partial charge in [-0.1, -0.05) is 59.0 Å².